The van der Waals surface area contributed by atoms with Crippen LogP contribution in [0.5, 0.6) is 5.88 Å². The Hall–Kier alpha value is -3.69. The standard InChI is InChI=1S/C23H26N8O2/c1-23(21(32)30-7-3-4-8-30)9-15(10-23)27-22-28-19-18(20(29-22)33-2)16(11-24-19)14-5-6-17-25-13-26-31(17)12-14/h5-6,11-13,15H,3-4,7-10H2,1-2H3,(H2,24,27,28,29)/t15-,23+. The first-order valence-corrected chi connectivity index (χ1v) is 11.3. The van der Waals surface area contributed by atoms with Gasteiger partial charge < -0.3 is 19.9 Å². The van der Waals surface area contributed by atoms with E-state index in [1.807, 2.05) is 29.4 Å². The lowest BCUT2D eigenvalue weighted by atomic mass is 9.66. The van der Waals surface area contributed by atoms with Crippen molar-refractivity contribution >= 4 is 28.5 Å². The topological polar surface area (TPSA) is 113 Å². The predicted octanol–water partition coefficient (Wildman–Crippen LogP) is 2.88. The number of nitrogens with one attached hydrogen (secondary N) is 2. The Morgan fingerprint density at radius 1 is 1.24 bits per heavy atom. The lowest BCUT2D eigenvalue weighted by Crippen LogP contribution is -2.53. The van der Waals surface area contributed by atoms with E-state index < -0.39 is 0 Å². The number of hydrogen-bond acceptors (Lipinski definition) is 7. The van der Waals surface area contributed by atoms with Crippen LogP contribution in [0, 0.1) is 5.41 Å². The van der Waals surface area contributed by atoms with Gasteiger partial charge in [0, 0.05) is 42.7 Å². The van der Waals surface area contributed by atoms with Gasteiger partial charge in [-0.1, -0.05) is 6.92 Å². The van der Waals surface area contributed by atoms with Crippen molar-refractivity contribution in [1.29, 1.82) is 0 Å². The number of pyridine rings is 1. The van der Waals surface area contributed by atoms with Crippen molar-refractivity contribution in [3.8, 4) is 17.0 Å². The monoisotopic (exact) mass is 446 g/mol. The van der Waals surface area contributed by atoms with Gasteiger partial charge in [-0.05, 0) is 37.8 Å². The molecule has 2 aliphatic rings. The zero-order valence-electron chi connectivity index (χ0n) is 18.7. The Bertz CT molecular complexity index is 1350. The number of ether oxygens (including phenoxy) is 1. The van der Waals surface area contributed by atoms with E-state index in [1.165, 1.54) is 6.33 Å². The van der Waals surface area contributed by atoms with E-state index in [4.69, 9.17) is 4.74 Å². The lowest BCUT2D eigenvalue weighted by molar-refractivity contribution is -0.145. The maximum absolute atomic E-state index is 12.9. The van der Waals surface area contributed by atoms with Gasteiger partial charge in [-0.15, -0.1) is 0 Å². The fraction of sp³-hybridized carbons (Fsp3) is 0.435. The Morgan fingerprint density at radius 2 is 2.06 bits per heavy atom. The molecule has 4 aromatic rings. The van der Waals surface area contributed by atoms with Gasteiger partial charge >= 0.3 is 0 Å². The number of H-pyrrole nitrogens is 1. The molecule has 4 aromatic heterocycles. The quantitative estimate of drug-likeness (QED) is 0.485. The first kappa shape index (κ1) is 20.0. The Balaban J connectivity index is 1.24. The number of amides is 1. The number of aromatic amines is 1. The maximum Gasteiger partial charge on any atom is 0.228 e. The van der Waals surface area contributed by atoms with E-state index >= 15 is 0 Å². The van der Waals surface area contributed by atoms with Crippen molar-refractivity contribution in [1.82, 2.24) is 34.4 Å². The maximum atomic E-state index is 12.9. The fourth-order valence-electron chi connectivity index (χ4n) is 5.21. The van der Waals surface area contributed by atoms with Crippen LogP contribution in [0.15, 0.2) is 30.9 Å². The van der Waals surface area contributed by atoms with Crippen molar-refractivity contribution in [2.24, 2.45) is 5.41 Å². The second-order valence-corrected chi connectivity index (χ2v) is 9.27. The fourth-order valence-corrected chi connectivity index (χ4v) is 5.21. The number of anilines is 1. The average molecular weight is 447 g/mol. The number of likely N-dealkylation sites (tertiary alicyclic amines) is 1. The first-order chi connectivity index (χ1) is 16.0. The highest BCUT2D eigenvalue weighted by Crippen LogP contribution is 2.44. The molecule has 1 amide bonds. The van der Waals surface area contributed by atoms with Crippen LogP contribution in [0.3, 0.4) is 0 Å². The highest BCUT2D eigenvalue weighted by Gasteiger charge is 2.48. The minimum atomic E-state index is -0.296. The smallest absolute Gasteiger partial charge is 0.228 e. The number of carbonyl (C=O) groups excluding carboxylic acids is 1. The molecule has 0 atom stereocenters. The van der Waals surface area contributed by atoms with Crippen LogP contribution in [0.2, 0.25) is 0 Å². The van der Waals surface area contributed by atoms with Crippen molar-refractivity contribution < 1.29 is 9.53 Å². The summed E-state index contributed by atoms with van der Waals surface area (Å²) in [5, 5.41) is 8.43. The summed E-state index contributed by atoms with van der Waals surface area (Å²) in [6.45, 7) is 3.85. The number of hydrogen-bond donors (Lipinski definition) is 2. The van der Waals surface area contributed by atoms with Gasteiger partial charge in [0.1, 0.15) is 12.0 Å². The van der Waals surface area contributed by atoms with E-state index in [0.29, 0.717) is 17.5 Å². The largest absolute Gasteiger partial charge is 0.480 e. The van der Waals surface area contributed by atoms with Gasteiger partial charge in [-0.3, -0.25) is 4.79 Å². The zero-order valence-corrected chi connectivity index (χ0v) is 18.7. The molecule has 5 heterocycles. The number of rotatable bonds is 5. The van der Waals surface area contributed by atoms with Crippen LogP contribution in [0.4, 0.5) is 5.95 Å². The Labute approximate surface area is 190 Å². The van der Waals surface area contributed by atoms with Gasteiger partial charge in [-0.2, -0.15) is 15.1 Å². The molecule has 1 aliphatic carbocycles. The van der Waals surface area contributed by atoms with Crippen molar-refractivity contribution in [2.75, 3.05) is 25.5 Å². The van der Waals surface area contributed by atoms with Gasteiger partial charge in [0.25, 0.3) is 0 Å². The van der Waals surface area contributed by atoms with Gasteiger partial charge in [0.05, 0.1) is 17.9 Å². The average Bonchev–Trinajstić information content (AvgIpc) is 3.56. The molecule has 10 nitrogen and oxygen atoms in total. The molecule has 0 spiro atoms. The second-order valence-electron chi connectivity index (χ2n) is 9.27. The molecule has 2 fully saturated rings. The normalized spacial score (nSPS) is 22.6. The molecule has 0 aromatic carbocycles. The molecule has 1 saturated carbocycles. The van der Waals surface area contributed by atoms with Crippen LogP contribution in [-0.2, 0) is 4.79 Å². The van der Waals surface area contributed by atoms with Crippen molar-refractivity contribution in [3.63, 3.8) is 0 Å². The number of methoxy groups -OCH3 is 1. The Kier molecular flexibility index (Phi) is 4.49. The van der Waals surface area contributed by atoms with E-state index in [1.54, 1.807) is 11.6 Å². The Morgan fingerprint density at radius 3 is 2.85 bits per heavy atom. The van der Waals surface area contributed by atoms with Crippen LogP contribution in [-0.4, -0.2) is 66.6 Å². The minimum absolute atomic E-state index is 0.160. The molecule has 2 N–H and O–H groups in total. The molecule has 10 heteroatoms. The third kappa shape index (κ3) is 3.28. The van der Waals surface area contributed by atoms with Crippen molar-refractivity contribution in [3.05, 3.63) is 30.9 Å². The molecular weight excluding hydrogens is 420 g/mol. The summed E-state index contributed by atoms with van der Waals surface area (Å²) in [6.07, 6.45) is 9.13. The van der Waals surface area contributed by atoms with Crippen molar-refractivity contribution in [2.45, 2.75) is 38.6 Å². The van der Waals surface area contributed by atoms with Gasteiger partial charge in [0.15, 0.2) is 5.65 Å². The molecule has 33 heavy (non-hydrogen) atoms. The van der Waals surface area contributed by atoms with E-state index in [2.05, 4.69) is 37.3 Å². The molecular formula is C23H26N8O2. The van der Waals surface area contributed by atoms with Crippen LogP contribution < -0.4 is 10.1 Å². The molecule has 0 bridgehead atoms. The summed E-state index contributed by atoms with van der Waals surface area (Å²) >= 11 is 0. The first-order valence-electron chi connectivity index (χ1n) is 11.3. The van der Waals surface area contributed by atoms with Gasteiger partial charge in [-0.25, -0.2) is 9.50 Å². The molecule has 1 saturated heterocycles. The summed E-state index contributed by atoms with van der Waals surface area (Å²) in [5.41, 5.74) is 3.06. The zero-order chi connectivity index (χ0) is 22.6. The van der Waals surface area contributed by atoms with Gasteiger partial charge in [0.2, 0.25) is 17.7 Å². The van der Waals surface area contributed by atoms with Crippen LogP contribution in [0.25, 0.3) is 27.8 Å². The lowest BCUT2D eigenvalue weighted by Gasteiger charge is -2.45. The molecule has 0 unspecified atom stereocenters. The van der Waals surface area contributed by atoms with E-state index in [9.17, 15) is 4.79 Å². The highest BCUT2D eigenvalue weighted by molar-refractivity contribution is 5.97. The molecule has 170 valence electrons. The summed E-state index contributed by atoms with van der Waals surface area (Å²) in [6, 6.07) is 4.07. The predicted molar refractivity (Wildman–Crippen MR) is 123 cm³/mol. The summed E-state index contributed by atoms with van der Waals surface area (Å²) in [5.74, 6) is 1.28. The molecule has 6 rings (SSSR count). The SMILES string of the molecule is COc1nc(N[C@H]2C[C@@](C)(C(=O)N3CCCC3)C2)nc2[nH]cc(-c3ccc4ncnn4c3)c12. The molecule has 0 radical (unpaired) electrons. The summed E-state index contributed by atoms with van der Waals surface area (Å²) in [7, 11) is 1.61. The number of fused-ring (bicyclic) bond motifs is 2. The summed E-state index contributed by atoms with van der Waals surface area (Å²) in [4.78, 5) is 31.6. The number of nitrogens with zero attached hydrogens (tertiary/aromatic N) is 6. The second kappa shape index (κ2) is 7.43. The van der Waals surface area contributed by atoms with Crippen LogP contribution in [0.1, 0.15) is 32.6 Å². The third-order valence-electron chi connectivity index (χ3n) is 6.91. The minimum Gasteiger partial charge on any atom is -0.480 e. The van der Waals surface area contributed by atoms with E-state index in [-0.39, 0.29) is 17.4 Å². The third-order valence-corrected chi connectivity index (χ3v) is 6.91. The summed E-state index contributed by atoms with van der Waals surface area (Å²) < 4.78 is 7.36. The van der Waals surface area contributed by atoms with E-state index in [0.717, 1.165) is 60.9 Å². The molecule has 1 aliphatic heterocycles. The van der Waals surface area contributed by atoms with Crippen LogP contribution >= 0.6 is 0 Å². The number of carbonyl (C=O) groups is 1. The number of aromatic nitrogens is 6. The highest BCUT2D eigenvalue weighted by atomic mass is 16.5.